The molecule has 0 aromatic rings. The first-order chi connectivity index (χ1) is 9.39. The van der Waals surface area contributed by atoms with Gasteiger partial charge in [0.25, 0.3) is 0 Å². The molecule has 5 unspecified atom stereocenters. The van der Waals surface area contributed by atoms with Crippen LogP contribution in [0, 0.1) is 28.6 Å². The maximum absolute atomic E-state index is 4.36. The molecule has 0 N–H and O–H groups in total. The van der Waals surface area contributed by atoms with Crippen LogP contribution in [0.25, 0.3) is 0 Å². The van der Waals surface area contributed by atoms with Crippen LogP contribution < -0.4 is 0 Å². The number of hydrogen-bond acceptors (Lipinski definition) is 0. The van der Waals surface area contributed by atoms with E-state index in [-0.39, 0.29) is 0 Å². The van der Waals surface area contributed by atoms with Crippen LogP contribution in [0.5, 0.6) is 0 Å². The summed E-state index contributed by atoms with van der Waals surface area (Å²) in [5.41, 5.74) is 4.25. The van der Waals surface area contributed by atoms with Gasteiger partial charge in [-0.3, -0.25) is 0 Å². The fourth-order valence-corrected chi connectivity index (χ4v) is 6.07. The van der Waals surface area contributed by atoms with Gasteiger partial charge in [0.1, 0.15) is 0 Å². The van der Waals surface area contributed by atoms with E-state index in [0.29, 0.717) is 10.8 Å². The summed E-state index contributed by atoms with van der Waals surface area (Å²) in [5, 5.41) is 0. The lowest BCUT2D eigenvalue weighted by atomic mass is 9.47. The Morgan fingerprint density at radius 1 is 1.25 bits per heavy atom. The van der Waals surface area contributed by atoms with Crippen molar-refractivity contribution in [3.05, 3.63) is 23.8 Å². The molecule has 0 aliphatic heterocycles. The molecule has 112 valence electrons. The van der Waals surface area contributed by atoms with Crippen molar-refractivity contribution in [3.8, 4) is 0 Å². The maximum Gasteiger partial charge on any atom is -0.0169 e. The topological polar surface area (TPSA) is 0 Å². The molecule has 20 heavy (non-hydrogen) atoms. The van der Waals surface area contributed by atoms with Crippen LogP contribution in [0.15, 0.2) is 23.8 Å². The highest BCUT2D eigenvalue weighted by Gasteiger charge is 2.59. The Balaban J connectivity index is 2.03. The molecule has 0 nitrogen and oxygen atoms in total. The number of rotatable bonds is 1. The Morgan fingerprint density at radius 2 is 1.95 bits per heavy atom. The lowest BCUT2D eigenvalue weighted by molar-refractivity contribution is -0.0651. The third-order valence-electron chi connectivity index (χ3n) is 7.38. The van der Waals surface area contributed by atoms with Crippen molar-refractivity contribution < 1.29 is 0 Å². The van der Waals surface area contributed by atoms with Gasteiger partial charge in [-0.15, -0.1) is 0 Å². The fourth-order valence-electron chi connectivity index (χ4n) is 6.07. The average Bonchev–Trinajstić information content (AvgIpc) is 2.77. The number of hydrogen-bond donors (Lipinski definition) is 0. The molecule has 3 aliphatic rings. The first-order valence-electron chi connectivity index (χ1n) is 8.70. The van der Waals surface area contributed by atoms with E-state index in [1.807, 2.05) is 0 Å². The summed E-state index contributed by atoms with van der Waals surface area (Å²) >= 11 is 0. The summed E-state index contributed by atoms with van der Waals surface area (Å²) in [7, 11) is 0. The molecule has 0 aromatic heterocycles. The summed E-state index contributed by atoms with van der Waals surface area (Å²) in [5.74, 6) is 2.57. The molecule has 0 heteroatoms. The predicted molar refractivity (Wildman–Crippen MR) is 87.6 cm³/mol. The zero-order chi connectivity index (χ0) is 14.5. The average molecular weight is 272 g/mol. The van der Waals surface area contributed by atoms with Gasteiger partial charge in [-0.1, -0.05) is 37.6 Å². The van der Waals surface area contributed by atoms with Gasteiger partial charge in [-0.05, 0) is 87.4 Å². The second kappa shape index (κ2) is 4.75. The lowest BCUT2D eigenvalue weighted by Crippen LogP contribution is -2.50. The molecule has 0 heterocycles. The van der Waals surface area contributed by atoms with Gasteiger partial charge in [0.15, 0.2) is 0 Å². The van der Waals surface area contributed by atoms with E-state index in [9.17, 15) is 0 Å². The highest BCUT2D eigenvalue weighted by Crippen LogP contribution is 2.67. The van der Waals surface area contributed by atoms with E-state index >= 15 is 0 Å². The largest absolute Gasteiger partial charge is 0.0998 e. The Kier molecular flexibility index (Phi) is 3.42. The quantitative estimate of drug-likeness (QED) is 0.503. The van der Waals surface area contributed by atoms with E-state index in [4.69, 9.17) is 0 Å². The second-order valence-electron chi connectivity index (χ2n) is 8.55. The van der Waals surface area contributed by atoms with Crippen molar-refractivity contribution in [2.24, 2.45) is 28.6 Å². The minimum Gasteiger partial charge on any atom is -0.0998 e. The third-order valence-corrected chi connectivity index (χ3v) is 7.38. The SMILES string of the molecule is C=C(C)C1CCC2(C)CCC(C)C3(CC=C(C)CC3)C12. The molecule has 0 radical (unpaired) electrons. The monoisotopic (exact) mass is 272 g/mol. The van der Waals surface area contributed by atoms with Gasteiger partial charge in [0.05, 0.1) is 0 Å². The molecular formula is C20H32. The zero-order valence-corrected chi connectivity index (χ0v) is 14.0. The fraction of sp³-hybridized carbons (Fsp3) is 0.800. The van der Waals surface area contributed by atoms with Crippen molar-refractivity contribution >= 4 is 0 Å². The number of allylic oxidation sites excluding steroid dienone is 3. The first-order valence-corrected chi connectivity index (χ1v) is 8.70. The summed E-state index contributed by atoms with van der Waals surface area (Å²) in [6.45, 7) is 14.1. The van der Waals surface area contributed by atoms with E-state index in [1.54, 1.807) is 5.57 Å². The molecule has 5 atom stereocenters. The van der Waals surface area contributed by atoms with E-state index in [1.165, 1.54) is 50.5 Å². The predicted octanol–water partition coefficient (Wildman–Crippen LogP) is 6.14. The van der Waals surface area contributed by atoms with Crippen molar-refractivity contribution in [1.29, 1.82) is 0 Å². The molecule has 2 saturated carbocycles. The van der Waals surface area contributed by atoms with Crippen molar-refractivity contribution in [2.75, 3.05) is 0 Å². The van der Waals surface area contributed by atoms with E-state index in [0.717, 1.165) is 17.8 Å². The molecule has 0 bridgehead atoms. The zero-order valence-electron chi connectivity index (χ0n) is 14.0. The van der Waals surface area contributed by atoms with Gasteiger partial charge in [0, 0.05) is 0 Å². The standard InChI is InChI=1S/C20H32/c1-14(2)17-9-11-19(5)10-8-16(4)20(18(17)19)12-6-15(3)7-13-20/h6,16-18H,1,7-13H2,2-5H3. The summed E-state index contributed by atoms with van der Waals surface area (Å²) < 4.78 is 0. The molecule has 0 aromatic carbocycles. The van der Waals surface area contributed by atoms with Gasteiger partial charge >= 0.3 is 0 Å². The normalized spacial score (nSPS) is 48.0. The minimum absolute atomic E-state index is 0.576. The Hall–Kier alpha value is -0.520. The van der Waals surface area contributed by atoms with Crippen molar-refractivity contribution in [3.63, 3.8) is 0 Å². The summed E-state index contributed by atoms with van der Waals surface area (Å²) in [6, 6.07) is 0. The van der Waals surface area contributed by atoms with Crippen LogP contribution in [-0.4, -0.2) is 0 Å². The van der Waals surface area contributed by atoms with Crippen LogP contribution in [0.3, 0.4) is 0 Å². The highest BCUT2D eigenvalue weighted by molar-refractivity contribution is 5.19. The molecule has 3 rings (SSSR count). The highest BCUT2D eigenvalue weighted by atomic mass is 14.6. The van der Waals surface area contributed by atoms with Gasteiger partial charge in [-0.2, -0.15) is 0 Å². The van der Waals surface area contributed by atoms with Gasteiger partial charge < -0.3 is 0 Å². The smallest absolute Gasteiger partial charge is 0.0169 e. The van der Waals surface area contributed by atoms with Crippen LogP contribution in [0.2, 0.25) is 0 Å². The van der Waals surface area contributed by atoms with Crippen LogP contribution in [0.1, 0.15) is 72.6 Å². The maximum atomic E-state index is 4.36. The minimum atomic E-state index is 0.576. The lowest BCUT2D eigenvalue weighted by Gasteiger charge is -2.57. The molecule has 0 saturated heterocycles. The van der Waals surface area contributed by atoms with Crippen LogP contribution >= 0.6 is 0 Å². The molecule has 1 spiro atoms. The van der Waals surface area contributed by atoms with Crippen molar-refractivity contribution in [2.45, 2.75) is 72.6 Å². The van der Waals surface area contributed by atoms with E-state index in [2.05, 4.69) is 40.3 Å². The van der Waals surface area contributed by atoms with Gasteiger partial charge in [-0.25, -0.2) is 0 Å². The summed E-state index contributed by atoms with van der Waals surface area (Å²) in [4.78, 5) is 0. The number of fused-ring (bicyclic) bond motifs is 2. The molecule has 3 aliphatic carbocycles. The van der Waals surface area contributed by atoms with Crippen LogP contribution in [-0.2, 0) is 0 Å². The van der Waals surface area contributed by atoms with E-state index < -0.39 is 0 Å². The summed E-state index contributed by atoms with van der Waals surface area (Å²) in [6.07, 6.45) is 12.4. The Labute approximate surface area is 125 Å². The molecule has 2 fully saturated rings. The van der Waals surface area contributed by atoms with Crippen LogP contribution in [0.4, 0.5) is 0 Å². The third kappa shape index (κ3) is 1.94. The second-order valence-corrected chi connectivity index (χ2v) is 8.55. The molecule has 0 amide bonds. The Morgan fingerprint density at radius 3 is 2.55 bits per heavy atom. The van der Waals surface area contributed by atoms with Gasteiger partial charge in [0.2, 0.25) is 0 Å². The molecular weight excluding hydrogens is 240 g/mol. The first kappa shape index (κ1) is 14.4. The van der Waals surface area contributed by atoms with Crippen molar-refractivity contribution in [1.82, 2.24) is 0 Å². The Bertz CT molecular complexity index is 443.